The van der Waals surface area contributed by atoms with Crippen LogP contribution in [-0.4, -0.2) is 29.3 Å². The molecule has 0 atom stereocenters. The first-order valence-corrected chi connectivity index (χ1v) is 4.88. The van der Waals surface area contributed by atoms with Crippen molar-refractivity contribution in [3.05, 3.63) is 27.3 Å². The summed E-state index contributed by atoms with van der Waals surface area (Å²) in [6.45, 7) is 0. The van der Waals surface area contributed by atoms with Crippen LogP contribution in [0.1, 0.15) is 22.3 Å². The van der Waals surface area contributed by atoms with Crippen molar-refractivity contribution in [2.24, 2.45) is 0 Å². The Bertz CT molecular complexity index is 574. The van der Waals surface area contributed by atoms with Crippen molar-refractivity contribution in [3.63, 3.8) is 0 Å². The third kappa shape index (κ3) is 3.97. The molecule has 0 saturated carbocycles. The molecule has 0 unspecified atom stereocenters. The zero-order valence-corrected chi connectivity index (χ0v) is 9.98. The van der Waals surface area contributed by atoms with E-state index in [1.165, 1.54) is 0 Å². The Hall–Kier alpha value is -2.53. The average Bonchev–Trinajstić information content (AvgIpc) is 2.34. The minimum atomic E-state index is -5.43. The predicted molar refractivity (Wildman–Crippen MR) is 53.9 cm³/mol. The van der Waals surface area contributed by atoms with Gasteiger partial charge < -0.3 is 19.6 Å². The number of rotatable bonds is 4. The Balaban J connectivity index is 3.61. The normalized spacial score (nSPS) is 11.4. The zero-order chi connectivity index (χ0) is 16.4. The van der Waals surface area contributed by atoms with E-state index in [4.69, 9.17) is 0 Å². The highest BCUT2D eigenvalue weighted by Gasteiger charge is 2.40. The summed E-state index contributed by atoms with van der Waals surface area (Å²) >= 11 is 0. The molecule has 0 saturated heterocycles. The van der Waals surface area contributed by atoms with Gasteiger partial charge in [-0.3, -0.25) is 0 Å². The number of methoxy groups -OCH3 is 1. The first kappa shape index (κ1) is 16.5. The lowest BCUT2D eigenvalue weighted by molar-refractivity contribution is -0.390. The highest BCUT2D eigenvalue weighted by Crippen LogP contribution is 2.36. The molecular formula is C9H5F5N2O5. The number of nitro groups is 1. The number of hydrogen-bond acceptors (Lipinski definition) is 6. The zero-order valence-electron chi connectivity index (χ0n) is 9.98. The number of pyridine rings is 1. The molecular weight excluding hydrogens is 311 g/mol. The number of hydrogen-bond donors (Lipinski definition) is 0. The van der Waals surface area contributed by atoms with Crippen LogP contribution < -0.4 is 4.74 Å². The summed E-state index contributed by atoms with van der Waals surface area (Å²) in [7, 11) is 0.758. The molecule has 21 heavy (non-hydrogen) atoms. The van der Waals surface area contributed by atoms with E-state index in [9.17, 15) is 36.9 Å². The summed E-state index contributed by atoms with van der Waals surface area (Å²) in [5.74, 6) is -4.56. The lowest BCUT2D eigenvalue weighted by Gasteiger charge is -2.11. The van der Waals surface area contributed by atoms with Crippen molar-refractivity contribution >= 4 is 11.8 Å². The summed E-state index contributed by atoms with van der Waals surface area (Å²) in [5, 5.41) is 10.5. The SMILES string of the molecule is COC(=O)c1cc([N+](=O)[O-])nc(OC(F)(F)F)c1C(F)F. The van der Waals surface area contributed by atoms with Crippen molar-refractivity contribution in [2.45, 2.75) is 12.8 Å². The van der Waals surface area contributed by atoms with E-state index in [0.29, 0.717) is 0 Å². The molecule has 1 aromatic heterocycles. The highest BCUT2D eigenvalue weighted by molar-refractivity contribution is 5.92. The van der Waals surface area contributed by atoms with Crippen LogP contribution >= 0.6 is 0 Å². The van der Waals surface area contributed by atoms with Gasteiger partial charge in [0.1, 0.15) is 5.56 Å². The topological polar surface area (TPSA) is 91.6 Å². The van der Waals surface area contributed by atoms with Crippen LogP contribution in [0.15, 0.2) is 6.07 Å². The van der Waals surface area contributed by atoms with Gasteiger partial charge in [-0.2, -0.15) is 0 Å². The van der Waals surface area contributed by atoms with Crippen LogP contribution in [0.5, 0.6) is 5.88 Å². The number of ether oxygens (including phenoxy) is 2. The summed E-state index contributed by atoms with van der Waals surface area (Å²) in [6, 6.07) is 0.274. The third-order valence-corrected chi connectivity index (χ3v) is 2.03. The lowest BCUT2D eigenvalue weighted by atomic mass is 10.1. The van der Waals surface area contributed by atoms with Gasteiger partial charge in [-0.15, -0.1) is 13.2 Å². The lowest BCUT2D eigenvalue weighted by Crippen LogP contribution is -2.21. The van der Waals surface area contributed by atoms with Crippen molar-refractivity contribution < 1.29 is 41.1 Å². The van der Waals surface area contributed by atoms with Gasteiger partial charge >= 0.3 is 24.0 Å². The van der Waals surface area contributed by atoms with Gasteiger partial charge in [-0.1, -0.05) is 0 Å². The standard InChI is InChI=1S/C9H5F5N2O5/c1-20-8(17)3-2-4(16(18)19)15-7(5(3)6(10)11)21-9(12,13)14/h2,6H,1H3. The number of carbonyl (C=O) groups excluding carboxylic acids is 1. The van der Waals surface area contributed by atoms with E-state index in [1.807, 2.05) is 0 Å². The second kappa shape index (κ2) is 5.85. The fraction of sp³-hybridized carbons (Fsp3) is 0.333. The van der Waals surface area contributed by atoms with E-state index in [-0.39, 0.29) is 6.07 Å². The molecule has 0 aliphatic heterocycles. The third-order valence-electron chi connectivity index (χ3n) is 2.03. The van der Waals surface area contributed by atoms with E-state index < -0.39 is 46.5 Å². The number of carbonyl (C=O) groups is 1. The van der Waals surface area contributed by atoms with Gasteiger partial charge in [-0.05, 0) is 4.92 Å². The Labute approximate surface area is 112 Å². The van der Waals surface area contributed by atoms with Gasteiger partial charge in [-0.25, -0.2) is 13.6 Å². The minimum Gasteiger partial charge on any atom is -0.465 e. The van der Waals surface area contributed by atoms with E-state index >= 15 is 0 Å². The Morgan fingerprint density at radius 3 is 2.38 bits per heavy atom. The van der Waals surface area contributed by atoms with Crippen LogP contribution in [-0.2, 0) is 4.74 Å². The quantitative estimate of drug-likeness (QED) is 0.367. The largest absolute Gasteiger partial charge is 0.575 e. The molecule has 7 nitrogen and oxygen atoms in total. The van der Waals surface area contributed by atoms with Crippen molar-refractivity contribution in [1.82, 2.24) is 4.98 Å². The van der Waals surface area contributed by atoms with E-state index in [2.05, 4.69) is 14.5 Å². The Morgan fingerprint density at radius 2 is 2.00 bits per heavy atom. The number of esters is 1. The van der Waals surface area contributed by atoms with Crippen LogP contribution in [0.3, 0.4) is 0 Å². The average molecular weight is 316 g/mol. The maximum atomic E-state index is 12.8. The molecule has 1 rings (SSSR count). The molecule has 0 N–H and O–H groups in total. The first-order valence-electron chi connectivity index (χ1n) is 4.88. The number of halogens is 5. The van der Waals surface area contributed by atoms with Gasteiger partial charge in [0.05, 0.1) is 18.7 Å². The monoisotopic (exact) mass is 316 g/mol. The summed E-state index contributed by atoms with van der Waals surface area (Å²) in [5.41, 5.74) is -2.70. The fourth-order valence-electron chi connectivity index (χ4n) is 1.29. The number of alkyl halides is 5. The van der Waals surface area contributed by atoms with Crippen LogP contribution in [0.4, 0.5) is 27.8 Å². The van der Waals surface area contributed by atoms with Crippen molar-refractivity contribution in [3.8, 4) is 5.88 Å². The molecule has 116 valence electrons. The Kier molecular flexibility index (Phi) is 4.60. The van der Waals surface area contributed by atoms with Gasteiger partial charge in [0, 0.05) is 4.98 Å². The molecule has 0 fully saturated rings. The second-order valence-corrected chi connectivity index (χ2v) is 3.34. The van der Waals surface area contributed by atoms with Gasteiger partial charge in [0.15, 0.2) is 0 Å². The molecule has 0 amide bonds. The number of nitrogens with zero attached hydrogens (tertiary/aromatic N) is 2. The molecule has 1 heterocycles. The van der Waals surface area contributed by atoms with Gasteiger partial charge in [0.25, 0.3) is 6.43 Å². The van der Waals surface area contributed by atoms with Gasteiger partial charge in [0.2, 0.25) is 0 Å². The van der Waals surface area contributed by atoms with Crippen molar-refractivity contribution in [2.75, 3.05) is 7.11 Å². The van der Waals surface area contributed by atoms with E-state index in [1.54, 1.807) is 0 Å². The Morgan fingerprint density at radius 1 is 1.43 bits per heavy atom. The van der Waals surface area contributed by atoms with Crippen LogP contribution in [0, 0.1) is 10.1 Å². The van der Waals surface area contributed by atoms with E-state index in [0.717, 1.165) is 7.11 Å². The predicted octanol–water partition coefficient (Wildman–Crippen LogP) is 2.61. The summed E-state index contributed by atoms with van der Waals surface area (Å²) < 4.78 is 69.4. The number of aromatic nitrogens is 1. The fourth-order valence-corrected chi connectivity index (χ4v) is 1.29. The smallest absolute Gasteiger partial charge is 0.465 e. The summed E-state index contributed by atoms with van der Waals surface area (Å²) in [4.78, 5) is 23.3. The first-order chi connectivity index (χ1) is 9.56. The molecule has 0 aromatic carbocycles. The maximum absolute atomic E-state index is 12.8. The minimum absolute atomic E-state index is 0.274. The molecule has 0 radical (unpaired) electrons. The highest BCUT2D eigenvalue weighted by atomic mass is 19.4. The summed E-state index contributed by atoms with van der Waals surface area (Å²) in [6.07, 6.45) is -9.04. The molecule has 0 aliphatic carbocycles. The molecule has 0 aliphatic rings. The van der Waals surface area contributed by atoms with Crippen LogP contribution in [0.2, 0.25) is 0 Å². The maximum Gasteiger partial charge on any atom is 0.575 e. The van der Waals surface area contributed by atoms with Crippen molar-refractivity contribution in [1.29, 1.82) is 0 Å². The molecule has 12 heteroatoms. The molecule has 0 bridgehead atoms. The molecule has 1 aromatic rings. The molecule has 0 spiro atoms. The van der Waals surface area contributed by atoms with Crippen LogP contribution in [0.25, 0.3) is 0 Å². The second-order valence-electron chi connectivity index (χ2n) is 3.34.